The first-order valence-corrected chi connectivity index (χ1v) is 5.63. The molecule has 0 spiro atoms. The number of amides is 1. The molecule has 0 aliphatic carbocycles. The van der Waals surface area contributed by atoms with Gasteiger partial charge in [0.05, 0.1) is 16.9 Å². The van der Waals surface area contributed by atoms with Crippen molar-refractivity contribution in [2.24, 2.45) is 0 Å². The molecule has 0 atom stereocenters. The summed E-state index contributed by atoms with van der Waals surface area (Å²) in [6.07, 6.45) is 1.51. The lowest BCUT2D eigenvalue weighted by atomic mass is 10.1. The zero-order valence-corrected chi connectivity index (χ0v) is 10.4. The molecule has 0 saturated carbocycles. The predicted molar refractivity (Wildman–Crippen MR) is 72.5 cm³/mol. The molecule has 1 heterocycles. The smallest absolute Gasteiger partial charge is 0.278 e. The molecule has 2 rings (SSSR count). The molecule has 0 saturated heterocycles. The van der Waals surface area contributed by atoms with Crippen LogP contribution in [0.15, 0.2) is 42.6 Å². The summed E-state index contributed by atoms with van der Waals surface area (Å²) in [6.45, 7) is 0. The highest BCUT2D eigenvalue weighted by Gasteiger charge is 2.19. The summed E-state index contributed by atoms with van der Waals surface area (Å²) >= 11 is 0. The summed E-state index contributed by atoms with van der Waals surface area (Å²) in [5.74, 6) is -0.346. The maximum Gasteiger partial charge on any atom is 0.278 e. The zero-order chi connectivity index (χ0) is 13.8. The fraction of sp³-hybridized carbons (Fsp3) is 0.0714. The summed E-state index contributed by atoms with van der Waals surface area (Å²) < 4.78 is 0. The molecule has 0 bridgehead atoms. The highest BCUT2D eigenvalue weighted by atomic mass is 16.2. The third kappa shape index (κ3) is 2.38. The second-order valence-electron chi connectivity index (χ2n) is 3.93. The van der Waals surface area contributed by atoms with E-state index >= 15 is 0 Å². The first-order chi connectivity index (χ1) is 9.15. The standard InChI is InChI=1S/C14H12N4O/c1-18(12-7-3-2-5-10(12)9-15)14(19)13-11(16)6-4-8-17-13/h2-8H,16H2,1H3. The van der Waals surface area contributed by atoms with Crippen LogP contribution in [-0.2, 0) is 0 Å². The number of carbonyl (C=O) groups is 1. The van der Waals surface area contributed by atoms with Crippen molar-refractivity contribution in [3.63, 3.8) is 0 Å². The molecular formula is C14H12N4O. The average molecular weight is 252 g/mol. The van der Waals surface area contributed by atoms with Crippen LogP contribution < -0.4 is 10.6 Å². The second-order valence-corrected chi connectivity index (χ2v) is 3.93. The Morgan fingerprint density at radius 3 is 2.74 bits per heavy atom. The summed E-state index contributed by atoms with van der Waals surface area (Å²) in [4.78, 5) is 17.7. The van der Waals surface area contributed by atoms with Crippen molar-refractivity contribution >= 4 is 17.3 Å². The number of hydrogen-bond acceptors (Lipinski definition) is 4. The molecule has 5 nitrogen and oxygen atoms in total. The predicted octanol–water partition coefficient (Wildman–Crippen LogP) is 1.81. The normalized spacial score (nSPS) is 9.68. The third-order valence-electron chi connectivity index (χ3n) is 2.73. The van der Waals surface area contributed by atoms with Gasteiger partial charge < -0.3 is 10.6 Å². The number of rotatable bonds is 2. The van der Waals surface area contributed by atoms with Gasteiger partial charge in [-0.05, 0) is 24.3 Å². The molecule has 1 amide bonds. The van der Waals surface area contributed by atoms with Crippen LogP contribution in [0, 0.1) is 11.3 Å². The van der Waals surface area contributed by atoms with Crippen LogP contribution in [0.2, 0.25) is 0 Å². The van der Waals surface area contributed by atoms with Gasteiger partial charge in [-0.3, -0.25) is 4.79 Å². The fourth-order valence-electron chi connectivity index (χ4n) is 1.73. The van der Waals surface area contributed by atoms with Gasteiger partial charge in [-0.25, -0.2) is 4.98 Å². The van der Waals surface area contributed by atoms with E-state index in [0.717, 1.165) is 0 Å². The molecule has 1 aromatic heterocycles. The number of aromatic nitrogens is 1. The molecule has 0 aliphatic heterocycles. The Morgan fingerprint density at radius 2 is 2.05 bits per heavy atom. The monoisotopic (exact) mass is 252 g/mol. The Labute approximate surface area is 110 Å². The Kier molecular flexibility index (Phi) is 3.44. The van der Waals surface area contributed by atoms with E-state index in [9.17, 15) is 4.79 Å². The second kappa shape index (κ2) is 5.19. The summed E-state index contributed by atoms with van der Waals surface area (Å²) in [5.41, 5.74) is 7.18. The average Bonchev–Trinajstić information content (AvgIpc) is 2.46. The number of nitrogen functional groups attached to an aromatic ring is 1. The van der Waals surface area contributed by atoms with E-state index in [1.165, 1.54) is 11.1 Å². The zero-order valence-electron chi connectivity index (χ0n) is 10.4. The van der Waals surface area contributed by atoms with E-state index in [-0.39, 0.29) is 11.6 Å². The number of benzene rings is 1. The number of carbonyl (C=O) groups excluding carboxylic acids is 1. The van der Waals surface area contributed by atoms with Crippen LogP contribution in [0.3, 0.4) is 0 Å². The molecule has 1 aromatic carbocycles. The minimum atomic E-state index is -0.346. The van der Waals surface area contributed by atoms with E-state index < -0.39 is 0 Å². The third-order valence-corrected chi connectivity index (χ3v) is 2.73. The summed E-state index contributed by atoms with van der Waals surface area (Å²) in [6, 6.07) is 12.2. The lowest BCUT2D eigenvalue weighted by Crippen LogP contribution is -2.28. The Bertz CT molecular complexity index is 660. The van der Waals surface area contributed by atoms with Gasteiger partial charge in [-0.2, -0.15) is 5.26 Å². The van der Waals surface area contributed by atoms with E-state index in [1.54, 1.807) is 43.4 Å². The largest absolute Gasteiger partial charge is 0.397 e. The van der Waals surface area contributed by atoms with Gasteiger partial charge >= 0.3 is 0 Å². The summed E-state index contributed by atoms with van der Waals surface area (Å²) in [7, 11) is 1.59. The van der Waals surface area contributed by atoms with Gasteiger partial charge in [0.15, 0.2) is 5.69 Å². The number of nitrogens with two attached hydrogens (primary N) is 1. The fourth-order valence-corrected chi connectivity index (χ4v) is 1.73. The highest BCUT2D eigenvalue weighted by molar-refractivity contribution is 6.08. The first-order valence-electron chi connectivity index (χ1n) is 5.63. The van der Waals surface area contributed by atoms with Crippen molar-refractivity contribution in [3.05, 3.63) is 53.9 Å². The molecule has 2 aromatic rings. The van der Waals surface area contributed by atoms with Gasteiger partial charge in [-0.15, -0.1) is 0 Å². The molecule has 0 radical (unpaired) electrons. The quantitative estimate of drug-likeness (QED) is 0.883. The molecule has 2 N–H and O–H groups in total. The maximum absolute atomic E-state index is 12.3. The molecule has 5 heteroatoms. The highest BCUT2D eigenvalue weighted by Crippen LogP contribution is 2.21. The van der Waals surface area contributed by atoms with Crippen molar-refractivity contribution in [3.8, 4) is 6.07 Å². The number of para-hydroxylation sites is 1. The molecule has 0 aliphatic rings. The van der Waals surface area contributed by atoms with E-state index in [1.807, 2.05) is 0 Å². The van der Waals surface area contributed by atoms with E-state index in [0.29, 0.717) is 16.9 Å². The van der Waals surface area contributed by atoms with Gasteiger partial charge in [0.2, 0.25) is 0 Å². The molecule has 0 fully saturated rings. The number of nitrogens with zero attached hydrogens (tertiary/aromatic N) is 3. The maximum atomic E-state index is 12.3. The molecule has 0 unspecified atom stereocenters. The van der Waals surface area contributed by atoms with Crippen molar-refractivity contribution in [1.82, 2.24) is 4.98 Å². The first kappa shape index (κ1) is 12.6. The lowest BCUT2D eigenvalue weighted by Gasteiger charge is -2.18. The molecular weight excluding hydrogens is 240 g/mol. The van der Waals surface area contributed by atoms with Crippen molar-refractivity contribution < 1.29 is 4.79 Å². The van der Waals surface area contributed by atoms with E-state index in [4.69, 9.17) is 11.0 Å². The Balaban J connectivity index is 2.40. The number of hydrogen-bond donors (Lipinski definition) is 1. The minimum absolute atomic E-state index is 0.178. The molecule has 19 heavy (non-hydrogen) atoms. The van der Waals surface area contributed by atoms with Gasteiger partial charge in [0.1, 0.15) is 6.07 Å². The lowest BCUT2D eigenvalue weighted by molar-refractivity contribution is 0.0989. The van der Waals surface area contributed by atoms with Gasteiger partial charge in [-0.1, -0.05) is 12.1 Å². The van der Waals surface area contributed by atoms with Gasteiger partial charge in [0.25, 0.3) is 5.91 Å². The van der Waals surface area contributed by atoms with Crippen LogP contribution in [-0.4, -0.2) is 17.9 Å². The Hall–Kier alpha value is -2.87. The van der Waals surface area contributed by atoms with Crippen LogP contribution in [0.4, 0.5) is 11.4 Å². The van der Waals surface area contributed by atoms with E-state index in [2.05, 4.69) is 11.1 Å². The SMILES string of the molecule is CN(C(=O)c1ncccc1N)c1ccccc1C#N. The van der Waals surface area contributed by atoms with Crippen LogP contribution >= 0.6 is 0 Å². The topological polar surface area (TPSA) is 83.0 Å². The Morgan fingerprint density at radius 1 is 1.32 bits per heavy atom. The van der Waals surface area contributed by atoms with Crippen LogP contribution in [0.25, 0.3) is 0 Å². The number of pyridine rings is 1. The number of nitriles is 1. The van der Waals surface area contributed by atoms with Crippen molar-refractivity contribution in [2.75, 3.05) is 17.7 Å². The summed E-state index contributed by atoms with van der Waals surface area (Å²) in [5, 5.41) is 9.05. The molecule has 94 valence electrons. The van der Waals surface area contributed by atoms with Crippen molar-refractivity contribution in [1.29, 1.82) is 5.26 Å². The van der Waals surface area contributed by atoms with Crippen molar-refractivity contribution in [2.45, 2.75) is 0 Å². The van der Waals surface area contributed by atoms with Gasteiger partial charge in [0, 0.05) is 13.2 Å². The van der Waals surface area contributed by atoms with Crippen LogP contribution in [0.5, 0.6) is 0 Å². The van der Waals surface area contributed by atoms with Crippen LogP contribution in [0.1, 0.15) is 16.1 Å². The number of anilines is 2. The minimum Gasteiger partial charge on any atom is -0.397 e.